The molecule has 2 rings (SSSR count). The summed E-state index contributed by atoms with van der Waals surface area (Å²) >= 11 is 0. The van der Waals surface area contributed by atoms with E-state index in [2.05, 4.69) is 27.7 Å². The van der Waals surface area contributed by atoms with Gasteiger partial charge in [0.05, 0.1) is 0 Å². The first kappa shape index (κ1) is 21.2. The highest BCUT2D eigenvalue weighted by Crippen LogP contribution is 2.12. The van der Waals surface area contributed by atoms with Crippen LogP contribution in [0.3, 0.4) is 0 Å². The molecular formula is C20H28ClN3O. The van der Waals surface area contributed by atoms with E-state index in [9.17, 15) is 4.79 Å². The van der Waals surface area contributed by atoms with Gasteiger partial charge in [-0.2, -0.15) is 0 Å². The Labute approximate surface area is 157 Å². The summed E-state index contributed by atoms with van der Waals surface area (Å²) in [4.78, 5) is 14.7. The fourth-order valence-corrected chi connectivity index (χ4v) is 2.72. The van der Waals surface area contributed by atoms with Gasteiger partial charge in [0.2, 0.25) is 0 Å². The number of rotatable bonds is 8. The van der Waals surface area contributed by atoms with Crippen LogP contribution in [0.1, 0.15) is 27.0 Å². The fourth-order valence-electron chi connectivity index (χ4n) is 2.72. The lowest BCUT2D eigenvalue weighted by Crippen LogP contribution is -2.25. The van der Waals surface area contributed by atoms with Crippen molar-refractivity contribution < 1.29 is 4.79 Å². The van der Waals surface area contributed by atoms with Crippen molar-refractivity contribution in [3.63, 3.8) is 0 Å². The van der Waals surface area contributed by atoms with E-state index in [0.29, 0.717) is 6.54 Å². The van der Waals surface area contributed by atoms with Crippen molar-refractivity contribution in [2.24, 2.45) is 0 Å². The van der Waals surface area contributed by atoms with Crippen LogP contribution in [0.4, 0.5) is 0 Å². The Bertz CT molecular complexity index is 673. The molecule has 0 saturated heterocycles. The molecule has 5 heteroatoms. The van der Waals surface area contributed by atoms with E-state index in [1.54, 1.807) is 0 Å². The van der Waals surface area contributed by atoms with Gasteiger partial charge in [0.1, 0.15) is 0 Å². The third kappa shape index (κ3) is 6.50. The highest BCUT2D eigenvalue weighted by atomic mass is 35.5. The molecule has 0 radical (unpaired) electrons. The number of carbonyl (C=O) groups is 1. The zero-order chi connectivity index (χ0) is 17.4. The van der Waals surface area contributed by atoms with Crippen molar-refractivity contribution in [2.45, 2.75) is 19.5 Å². The average molecular weight is 362 g/mol. The molecule has 0 fully saturated rings. The van der Waals surface area contributed by atoms with Crippen LogP contribution >= 0.6 is 12.4 Å². The summed E-state index contributed by atoms with van der Waals surface area (Å²) in [5, 5.41) is 6.20. The molecule has 0 aliphatic carbocycles. The Balaban J connectivity index is 0.00000312. The van der Waals surface area contributed by atoms with E-state index in [4.69, 9.17) is 0 Å². The van der Waals surface area contributed by atoms with Gasteiger partial charge in [0, 0.05) is 18.7 Å². The van der Waals surface area contributed by atoms with Gasteiger partial charge in [0.15, 0.2) is 0 Å². The van der Waals surface area contributed by atoms with Gasteiger partial charge in [0.25, 0.3) is 5.91 Å². The maximum atomic E-state index is 12.6. The molecule has 0 saturated carbocycles. The van der Waals surface area contributed by atoms with E-state index in [1.165, 1.54) is 5.56 Å². The summed E-state index contributed by atoms with van der Waals surface area (Å²) in [5.74, 6) is -0.0126. The number of benzene rings is 2. The third-order valence-electron chi connectivity index (χ3n) is 3.95. The Kier molecular flexibility index (Phi) is 9.21. The second kappa shape index (κ2) is 10.9. The molecule has 25 heavy (non-hydrogen) atoms. The Morgan fingerprint density at radius 1 is 0.960 bits per heavy atom. The average Bonchev–Trinajstić information content (AvgIpc) is 2.58. The fraction of sp³-hybridized carbons (Fsp3) is 0.350. The van der Waals surface area contributed by atoms with Crippen LogP contribution in [0.2, 0.25) is 0 Å². The highest BCUT2D eigenvalue weighted by molar-refractivity contribution is 5.95. The van der Waals surface area contributed by atoms with E-state index >= 15 is 0 Å². The normalized spacial score (nSPS) is 10.4. The van der Waals surface area contributed by atoms with Crippen molar-refractivity contribution in [2.75, 3.05) is 27.7 Å². The largest absolute Gasteiger partial charge is 0.348 e. The minimum atomic E-state index is -0.0126. The first-order chi connectivity index (χ1) is 11.6. The molecular weight excluding hydrogens is 334 g/mol. The smallest absolute Gasteiger partial charge is 0.251 e. The van der Waals surface area contributed by atoms with Gasteiger partial charge in [-0.25, -0.2) is 0 Å². The Morgan fingerprint density at radius 2 is 1.56 bits per heavy atom. The van der Waals surface area contributed by atoms with Gasteiger partial charge in [-0.15, -0.1) is 12.4 Å². The van der Waals surface area contributed by atoms with Gasteiger partial charge in [-0.3, -0.25) is 4.79 Å². The molecule has 4 nitrogen and oxygen atoms in total. The van der Waals surface area contributed by atoms with E-state index in [1.807, 2.05) is 57.5 Å². The highest BCUT2D eigenvalue weighted by Gasteiger charge is 2.11. The van der Waals surface area contributed by atoms with Crippen molar-refractivity contribution in [3.8, 4) is 0 Å². The monoisotopic (exact) mass is 361 g/mol. The number of carbonyl (C=O) groups excluding carboxylic acids is 1. The van der Waals surface area contributed by atoms with E-state index in [0.717, 1.165) is 36.2 Å². The zero-order valence-electron chi connectivity index (χ0n) is 15.2. The molecule has 0 heterocycles. The van der Waals surface area contributed by atoms with Crippen LogP contribution in [-0.2, 0) is 19.5 Å². The first-order valence-electron chi connectivity index (χ1n) is 8.34. The predicted octanol–water partition coefficient (Wildman–Crippen LogP) is 2.86. The van der Waals surface area contributed by atoms with Crippen molar-refractivity contribution in [1.82, 2.24) is 15.5 Å². The molecule has 0 aromatic heterocycles. The number of likely N-dealkylation sites (N-methyl/N-ethyl adjacent to an activating group) is 1. The van der Waals surface area contributed by atoms with Crippen LogP contribution in [-0.4, -0.2) is 38.5 Å². The molecule has 0 spiro atoms. The third-order valence-corrected chi connectivity index (χ3v) is 3.95. The second-order valence-electron chi connectivity index (χ2n) is 6.20. The first-order valence-corrected chi connectivity index (χ1v) is 8.34. The number of hydrogen-bond donors (Lipinski definition) is 2. The molecule has 0 atom stereocenters. The van der Waals surface area contributed by atoms with E-state index < -0.39 is 0 Å². The topological polar surface area (TPSA) is 44.4 Å². The van der Waals surface area contributed by atoms with Crippen LogP contribution in [0.25, 0.3) is 0 Å². The molecule has 0 unspecified atom stereocenters. The Morgan fingerprint density at radius 3 is 2.20 bits per heavy atom. The molecule has 0 aliphatic rings. The molecule has 2 N–H and O–H groups in total. The summed E-state index contributed by atoms with van der Waals surface area (Å²) in [6, 6.07) is 16.1. The predicted molar refractivity (Wildman–Crippen MR) is 106 cm³/mol. The molecule has 2 aromatic rings. The summed E-state index contributed by atoms with van der Waals surface area (Å²) in [5.41, 5.74) is 4.24. The minimum absolute atomic E-state index is 0. The van der Waals surface area contributed by atoms with Crippen LogP contribution in [0.5, 0.6) is 0 Å². The Hall–Kier alpha value is -1.88. The minimum Gasteiger partial charge on any atom is -0.348 e. The van der Waals surface area contributed by atoms with Gasteiger partial charge >= 0.3 is 0 Å². The van der Waals surface area contributed by atoms with Crippen molar-refractivity contribution >= 4 is 18.3 Å². The SMILES string of the molecule is CNCCc1ccccc1C(=O)NCc1ccccc1CN(C)C.Cl. The molecule has 0 aliphatic heterocycles. The molecule has 136 valence electrons. The maximum absolute atomic E-state index is 12.6. The molecule has 0 bridgehead atoms. The summed E-state index contributed by atoms with van der Waals surface area (Å²) in [7, 11) is 6.02. The summed E-state index contributed by atoms with van der Waals surface area (Å²) in [6.45, 7) is 2.27. The van der Waals surface area contributed by atoms with Crippen LogP contribution in [0, 0.1) is 0 Å². The lowest BCUT2D eigenvalue weighted by atomic mass is 10.0. The lowest BCUT2D eigenvalue weighted by molar-refractivity contribution is 0.0950. The molecule has 2 aromatic carbocycles. The number of halogens is 1. The van der Waals surface area contributed by atoms with Crippen molar-refractivity contribution in [3.05, 3.63) is 70.8 Å². The number of nitrogens with one attached hydrogen (secondary N) is 2. The van der Waals surface area contributed by atoms with E-state index in [-0.39, 0.29) is 18.3 Å². The summed E-state index contributed by atoms with van der Waals surface area (Å²) < 4.78 is 0. The maximum Gasteiger partial charge on any atom is 0.251 e. The molecule has 1 amide bonds. The quantitative estimate of drug-likeness (QED) is 0.760. The number of amides is 1. The standard InChI is InChI=1S/C20H27N3O.ClH/c1-21-13-12-16-8-6-7-11-19(16)20(24)22-14-17-9-4-5-10-18(17)15-23(2)3;/h4-11,21H,12-15H2,1-3H3,(H,22,24);1H. The summed E-state index contributed by atoms with van der Waals surface area (Å²) in [6.07, 6.45) is 0.845. The van der Waals surface area contributed by atoms with Gasteiger partial charge in [-0.05, 0) is 56.9 Å². The van der Waals surface area contributed by atoms with Crippen LogP contribution in [0.15, 0.2) is 48.5 Å². The van der Waals surface area contributed by atoms with Gasteiger partial charge < -0.3 is 15.5 Å². The number of nitrogens with zero attached hydrogens (tertiary/aromatic N) is 1. The van der Waals surface area contributed by atoms with Crippen LogP contribution < -0.4 is 10.6 Å². The zero-order valence-corrected chi connectivity index (χ0v) is 16.0. The van der Waals surface area contributed by atoms with Crippen molar-refractivity contribution in [1.29, 1.82) is 0 Å². The van der Waals surface area contributed by atoms with Gasteiger partial charge in [-0.1, -0.05) is 42.5 Å². The second-order valence-corrected chi connectivity index (χ2v) is 6.20. The lowest BCUT2D eigenvalue weighted by Gasteiger charge is -2.15. The number of hydrogen-bond acceptors (Lipinski definition) is 3.